The number of aromatic hydroxyl groups is 1. The van der Waals surface area contributed by atoms with Crippen molar-refractivity contribution in [3.63, 3.8) is 0 Å². The molecule has 0 saturated carbocycles. The first-order chi connectivity index (χ1) is 13.6. The predicted molar refractivity (Wildman–Crippen MR) is 108 cm³/mol. The molecule has 6 heteroatoms. The fraction of sp³-hybridized carbons (Fsp3) is 0.364. The number of phenols is 1. The van der Waals surface area contributed by atoms with Gasteiger partial charge in [0.25, 0.3) is 0 Å². The Morgan fingerprint density at radius 2 is 1.79 bits per heavy atom. The highest BCUT2D eigenvalue weighted by Gasteiger charge is 2.19. The summed E-state index contributed by atoms with van der Waals surface area (Å²) in [7, 11) is 0. The van der Waals surface area contributed by atoms with Crippen LogP contribution in [0.5, 0.6) is 5.75 Å². The molecular weight excluding hydrogens is 354 g/mol. The number of phenolic OH excluding ortho intramolecular Hbond substituents is 1. The van der Waals surface area contributed by atoms with Crippen LogP contribution in [0.1, 0.15) is 23.7 Å². The summed E-state index contributed by atoms with van der Waals surface area (Å²) >= 11 is 0. The van der Waals surface area contributed by atoms with E-state index in [0.29, 0.717) is 12.1 Å². The first-order valence-corrected chi connectivity index (χ1v) is 9.75. The molecule has 1 aliphatic rings. The van der Waals surface area contributed by atoms with Crippen molar-refractivity contribution in [2.75, 3.05) is 26.2 Å². The second-order valence-corrected chi connectivity index (χ2v) is 7.29. The molecule has 28 heavy (non-hydrogen) atoms. The van der Waals surface area contributed by atoms with Crippen LogP contribution in [0.3, 0.4) is 0 Å². The van der Waals surface area contributed by atoms with E-state index in [9.17, 15) is 9.90 Å². The highest BCUT2D eigenvalue weighted by Crippen LogP contribution is 2.27. The molecule has 0 spiro atoms. The summed E-state index contributed by atoms with van der Waals surface area (Å²) in [5.41, 5.74) is 2.99. The van der Waals surface area contributed by atoms with Gasteiger partial charge in [-0.1, -0.05) is 13.0 Å². The second-order valence-electron chi connectivity index (χ2n) is 7.29. The summed E-state index contributed by atoms with van der Waals surface area (Å²) in [4.78, 5) is 21.2. The number of rotatable bonds is 5. The average Bonchev–Trinajstić information content (AvgIpc) is 2.69. The number of aryl methyl sites for hydroxylation is 1. The van der Waals surface area contributed by atoms with Gasteiger partial charge in [-0.25, -0.2) is 4.79 Å². The Balaban J connectivity index is 1.47. The molecular formula is C22H25N3O3. The predicted octanol–water partition coefficient (Wildman–Crippen LogP) is 2.77. The summed E-state index contributed by atoms with van der Waals surface area (Å²) in [5, 5.41) is 11.0. The van der Waals surface area contributed by atoms with Crippen molar-refractivity contribution in [2.45, 2.75) is 26.4 Å². The average molecular weight is 379 g/mol. The molecule has 3 aromatic rings. The number of benzene rings is 1. The van der Waals surface area contributed by atoms with Crippen molar-refractivity contribution in [1.82, 2.24) is 14.8 Å². The highest BCUT2D eigenvalue weighted by molar-refractivity contribution is 5.82. The summed E-state index contributed by atoms with van der Waals surface area (Å²) in [6.07, 6.45) is 2.56. The molecule has 3 heterocycles. The first-order valence-electron chi connectivity index (χ1n) is 9.75. The lowest BCUT2D eigenvalue weighted by molar-refractivity contribution is 0.121. The topological polar surface area (TPSA) is 69.8 Å². The SMILES string of the molecule is CCc1cc2c(CN3CCN(Cc4ccccn4)CC3)cc(=O)oc2cc1O. The maximum absolute atomic E-state index is 12.0. The molecule has 0 radical (unpaired) electrons. The summed E-state index contributed by atoms with van der Waals surface area (Å²) < 4.78 is 5.31. The third-order valence-electron chi connectivity index (χ3n) is 5.38. The van der Waals surface area contributed by atoms with Crippen LogP contribution < -0.4 is 5.63 Å². The van der Waals surface area contributed by atoms with E-state index in [4.69, 9.17) is 4.42 Å². The van der Waals surface area contributed by atoms with E-state index in [1.807, 2.05) is 31.3 Å². The van der Waals surface area contributed by atoms with Gasteiger partial charge in [0.2, 0.25) is 0 Å². The van der Waals surface area contributed by atoms with Crippen LogP contribution in [0.2, 0.25) is 0 Å². The minimum absolute atomic E-state index is 0.179. The largest absolute Gasteiger partial charge is 0.508 e. The smallest absolute Gasteiger partial charge is 0.336 e. The van der Waals surface area contributed by atoms with Crippen LogP contribution in [0.25, 0.3) is 11.0 Å². The molecule has 0 atom stereocenters. The van der Waals surface area contributed by atoms with Crippen molar-refractivity contribution in [3.8, 4) is 5.75 Å². The Hall–Kier alpha value is -2.70. The molecule has 1 fully saturated rings. The van der Waals surface area contributed by atoms with Crippen molar-refractivity contribution >= 4 is 11.0 Å². The molecule has 0 aliphatic carbocycles. The fourth-order valence-corrected chi connectivity index (χ4v) is 3.79. The van der Waals surface area contributed by atoms with Gasteiger partial charge in [0, 0.05) is 63.0 Å². The van der Waals surface area contributed by atoms with Gasteiger partial charge < -0.3 is 9.52 Å². The van der Waals surface area contributed by atoms with Crippen molar-refractivity contribution in [1.29, 1.82) is 0 Å². The molecule has 146 valence electrons. The normalized spacial score (nSPS) is 15.9. The van der Waals surface area contributed by atoms with Gasteiger partial charge in [-0.2, -0.15) is 0 Å². The number of fused-ring (bicyclic) bond motifs is 1. The quantitative estimate of drug-likeness (QED) is 0.688. The molecule has 0 unspecified atom stereocenters. The molecule has 1 N–H and O–H groups in total. The standard InChI is InChI=1S/C22H25N3O3/c1-2-16-11-19-17(12-22(27)28-21(19)13-20(16)26)14-24-7-9-25(10-8-24)15-18-5-3-4-6-23-18/h3-6,11-13,26H,2,7-10,14-15H2,1H3. The Labute approximate surface area is 164 Å². The number of nitrogens with zero attached hydrogens (tertiary/aromatic N) is 3. The van der Waals surface area contributed by atoms with E-state index in [0.717, 1.165) is 61.4 Å². The van der Waals surface area contributed by atoms with Crippen LogP contribution in [-0.4, -0.2) is 46.1 Å². The van der Waals surface area contributed by atoms with Crippen LogP contribution in [0.4, 0.5) is 0 Å². The highest BCUT2D eigenvalue weighted by atomic mass is 16.4. The van der Waals surface area contributed by atoms with E-state index in [-0.39, 0.29) is 11.4 Å². The minimum Gasteiger partial charge on any atom is -0.508 e. The van der Waals surface area contributed by atoms with Crippen LogP contribution in [0.15, 0.2) is 51.8 Å². The lowest BCUT2D eigenvalue weighted by Crippen LogP contribution is -2.45. The first kappa shape index (κ1) is 18.7. The molecule has 1 aromatic carbocycles. The van der Waals surface area contributed by atoms with Crippen molar-refractivity contribution in [3.05, 3.63) is 69.8 Å². The fourth-order valence-electron chi connectivity index (χ4n) is 3.79. The van der Waals surface area contributed by atoms with Gasteiger partial charge >= 0.3 is 5.63 Å². The minimum atomic E-state index is -0.375. The number of piperazine rings is 1. The number of hydrogen-bond donors (Lipinski definition) is 1. The zero-order valence-electron chi connectivity index (χ0n) is 16.1. The lowest BCUT2D eigenvalue weighted by atomic mass is 10.0. The Morgan fingerprint density at radius 1 is 1.04 bits per heavy atom. The summed E-state index contributed by atoms with van der Waals surface area (Å²) in [5.74, 6) is 0.179. The van der Waals surface area contributed by atoms with E-state index < -0.39 is 0 Å². The van der Waals surface area contributed by atoms with Crippen LogP contribution in [0, 0.1) is 0 Å². The monoisotopic (exact) mass is 379 g/mol. The molecule has 2 aromatic heterocycles. The van der Waals surface area contributed by atoms with Gasteiger partial charge in [-0.15, -0.1) is 0 Å². The zero-order valence-corrected chi connectivity index (χ0v) is 16.1. The molecule has 1 saturated heterocycles. The van der Waals surface area contributed by atoms with Gasteiger partial charge in [0.1, 0.15) is 11.3 Å². The maximum Gasteiger partial charge on any atom is 0.336 e. The second kappa shape index (κ2) is 8.12. The molecule has 1 aliphatic heterocycles. The number of pyridine rings is 1. The molecule has 0 bridgehead atoms. The zero-order chi connectivity index (χ0) is 19.5. The van der Waals surface area contributed by atoms with Gasteiger partial charge in [0.15, 0.2) is 0 Å². The van der Waals surface area contributed by atoms with Crippen molar-refractivity contribution in [2.24, 2.45) is 0 Å². The van der Waals surface area contributed by atoms with E-state index in [2.05, 4.69) is 20.9 Å². The van der Waals surface area contributed by atoms with E-state index in [1.54, 1.807) is 12.1 Å². The maximum atomic E-state index is 12.0. The molecule has 0 amide bonds. The van der Waals surface area contributed by atoms with E-state index in [1.165, 1.54) is 0 Å². The number of aromatic nitrogens is 1. The summed E-state index contributed by atoms with van der Waals surface area (Å²) in [6, 6.07) is 11.1. The number of hydrogen-bond acceptors (Lipinski definition) is 6. The lowest BCUT2D eigenvalue weighted by Gasteiger charge is -2.34. The third-order valence-corrected chi connectivity index (χ3v) is 5.38. The Morgan fingerprint density at radius 3 is 2.46 bits per heavy atom. The van der Waals surface area contributed by atoms with Gasteiger partial charge in [-0.3, -0.25) is 14.8 Å². The Bertz CT molecular complexity index is 1010. The van der Waals surface area contributed by atoms with Crippen molar-refractivity contribution < 1.29 is 9.52 Å². The molecule has 6 nitrogen and oxygen atoms in total. The van der Waals surface area contributed by atoms with E-state index >= 15 is 0 Å². The van der Waals surface area contributed by atoms with Crippen LogP contribution >= 0.6 is 0 Å². The van der Waals surface area contributed by atoms with Crippen LogP contribution in [-0.2, 0) is 19.5 Å². The van der Waals surface area contributed by atoms with Gasteiger partial charge in [-0.05, 0) is 35.7 Å². The third kappa shape index (κ3) is 4.08. The summed E-state index contributed by atoms with van der Waals surface area (Å²) in [6.45, 7) is 7.38. The molecule has 4 rings (SSSR count). The Kier molecular flexibility index (Phi) is 5.41. The van der Waals surface area contributed by atoms with Gasteiger partial charge in [0.05, 0.1) is 5.69 Å².